The SMILES string of the molecule is CCCn1c(CCCCC(C)(C)O)nc2c1c(=O)[nH]c(=O)n2C. The zero-order chi connectivity index (χ0) is 17.2. The van der Waals surface area contributed by atoms with Crippen molar-refractivity contribution in [3.05, 3.63) is 26.7 Å². The highest BCUT2D eigenvalue weighted by Gasteiger charge is 2.17. The second kappa shape index (κ2) is 6.70. The van der Waals surface area contributed by atoms with E-state index in [1.54, 1.807) is 20.9 Å². The number of rotatable bonds is 7. The number of unbranched alkanes of at least 4 members (excludes halogenated alkanes) is 1. The van der Waals surface area contributed by atoms with Crippen molar-refractivity contribution in [2.24, 2.45) is 7.05 Å². The molecular weight excluding hydrogens is 296 g/mol. The smallest absolute Gasteiger partial charge is 0.329 e. The van der Waals surface area contributed by atoms with E-state index in [9.17, 15) is 14.7 Å². The average Bonchev–Trinajstić information content (AvgIpc) is 2.80. The Bertz CT molecular complexity index is 792. The van der Waals surface area contributed by atoms with Crippen LogP contribution in [0.3, 0.4) is 0 Å². The van der Waals surface area contributed by atoms with Gasteiger partial charge >= 0.3 is 5.69 Å². The van der Waals surface area contributed by atoms with E-state index in [4.69, 9.17) is 0 Å². The third kappa shape index (κ3) is 3.90. The Morgan fingerprint density at radius 3 is 2.57 bits per heavy atom. The van der Waals surface area contributed by atoms with Crippen LogP contribution in [0.2, 0.25) is 0 Å². The Labute approximate surface area is 135 Å². The summed E-state index contributed by atoms with van der Waals surface area (Å²) < 4.78 is 3.29. The molecule has 0 saturated heterocycles. The third-order valence-electron chi connectivity index (χ3n) is 3.97. The fraction of sp³-hybridized carbons (Fsp3) is 0.688. The van der Waals surface area contributed by atoms with Crippen molar-refractivity contribution in [1.29, 1.82) is 0 Å². The van der Waals surface area contributed by atoms with Crippen molar-refractivity contribution < 1.29 is 5.11 Å². The van der Waals surface area contributed by atoms with Gasteiger partial charge in [-0.05, 0) is 33.1 Å². The van der Waals surface area contributed by atoms with E-state index in [-0.39, 0.29) is 5.56 Å². The highest BCUT2D eigenvalue weighted by atomic mass is 16.3. The molecule has 2 rings (SSSR count). The lowest BCUT2D eigenvalue weighted by Crippen LogP contribution is -2.29. The lowest BCUT2D eigenvalue weighted by Gasteiger charge is -2.16. The molecule has 2 aromatic heterocycles. The summed E-state index contributed by atoms with van der Waals surface area (Å²) in [5, 5.41) is 9.77. The van der Waals surface area contributed by atoms with E-state index in [1.807, 2.05) is 11.5 Å². The van der Waals surface area contributed by atoms with Crippen LogP contribution < -0.4 is 11.2 Å². The summed E-state index contributed by atoms with van der Waals surface area (Å²) in [4.78, 5) is 30.8. The minimum absolute atomic E-state index is 0.383. The molecule has 2 aromatic rings. The van der Waals surface area contributed by atoms with Gasteiger partial charge in [-0.15, -0.1) is 0 Å². The quantitative estimate of drug-likeness (QED) is 0.752. The van der Waals surface area contributed by atoms with Crippen LogP contribution in [0.5, 0.6) is 0 Å². The molecule has 2 N–H and O–H groups in total. The summed E-state index contributed by atoms with van der Waals surface area (Å²) in [6, 6.07) is 0. The lowest BCUT2D eigenvalue weighted by atomic mass is 10.0. The van der Waals surface area contributed by atoms with Gasteiger partial charge in [0.05, 0.1) is 5.60 Å². The fourth-order valence-corrected chi connectivity index (χ4v) is 2.78. The van der Waals surface area contributed by atoms with Crippen LogP contribution in [-0.4, -0.2) is 29.8 Å². The Balaban J connectivity index is 2.34. The number of aromatic amines is 1. The van der Waals surface area contributed by atoms with Crippen LogP contribution in [0.15, 0.2) is 9.59 Å². The summed E-state index contributed by atoms with van der Waals surface area (Å²) in [5.74, 6) is 0.823. The van der Waals surface area contributed by atoms with Crippen LogP contribution in [0, 0.1) is 0 Å². The Kier molecular flexibility index (Phi) is 5.09. The zero-order valence-electron chi connectivity index (χ0n) is 14.3. The van der Waals surface area contributed by atoms with E-state index in [2.05, 4.69) is 9.97 Å². The van der Waals surface area contributed by atoms with Crippen molar-refractivity contribution in [1.82, 2.24) is 19.1 Å². The molecule has 7 nitrogen and oxygen atoms in total. The van der Waals surface area contributed by atoms with E-state index < -0.39 is 11.3 Å². The van der Waals surface area contributed by atoms with Crippen molar-refractivity contribution >= 4 is 11.2 Å². The maximum atomic E-state index is 12.2. The van der Waals surface area contributed by atoms with Gasteiger partial charge in [-0.3, -0.25) is 14.3 Å². The number of aromatic nitrogens is 4. The van der Waals surface area contributed by atoms with Gasteiger partial charge in [0.25, 0.3) is 5.56 Å². The first-order valence-corrected chi connectivity index (χ1v) is 8.15. The molecule has 2 heterocycles. The molecule has 128 valence electrons. The maximum Gasteiger partial charge on any atom is 0.329 e. The minimum Gasteiger partial charge on any atom is -0.390 e. The van der Waals surface area contributed by atoms with E-state index >= 15 is 0 Å². The molecule has 0 radical (unpaired) electrons. The van der Waals surface area contributed by atoms with Crippen LogP contribution in [0.25, 0.3) is 11.2 Å². The topological polar surface area (TPSA) is 92.9 Å². The van der Waals surface area contributed by atoms with Gasteiger partial charge in [0, 0.05) is 20.0 Å². The molecule has 0 saturated carbocycles. The fourth-order valence-electron chi connectivity index (χ4n) is 2.78. The summed E-state index contributed by atoms with van der Waals surface area (Å²) in [5.41, 5.74) is -0.593. The molecule has 7 heteroatoms. The second-order valence-electron chi connectivity index (χ2n) is 6.69. The lowest BCUT2D eigenvalue weighted by molar-refractivity contribution is 0.0682. The first-order valence-electron chi connectivity index (χ1n) is 8.15. The van der Waals surface area contributed by atoms with Gasteiger partial charge in [-0.2, -0.15) is 0 Å². The zero-order valence-corrected chi connectivity index (χ0v) is 14.3. The molecular formula is C16H26N4O3. The number of hydrogen-bond acceptors (Lipinski definition) is 4. The molecule has 0 aliphatic heterocycles. The van der Waals surface area contributed by atoms with Gasteiger partial charge in [0.1, 0.15) is 5.82 Å². The molecule has 0 spiro atoms. The number of hydrogen-bond donors (Lipinski definition) is 2. The van der Waals surface area contributed by atoms with Crippen molar-refractivity contribution in [2.75, 3.05) is 0 Å². The highest BCUT2D eigenvalue weighted by molar-refractivity contribution is 5.70. The third-order valence-corrected chi connectivity index (χ3v) is 3.97. The van der Waals surface area contributed by atoms with Gasteiger partial charge in [0.2, 0.25) is 0 Å². The molecule has 0 aromatic carbocycles. The van der Waals surface area contributed by atoms with Gasteiger partial charge in [-0.1, -0.05) is 13.3 Å². The molecule has 0 amide bonds. The summed E-state index contributed by atoms with van der Waals surface area (Å²) in [6.45, 7) is 6.34. The number of aliphatic hydroxyl groups is 1. The minimum atomic E-state index is -0.662. The number of nitrogens with one attached hydrogen (secondary N) is 1. The Morgan fingerprint density at radius 2 is 1.96 bits per heavy atom. The first kappa shape index (κ1) is 17.5. The highest BCUT2D eigenvalue weighted by Crippen LogP contribution is 2.17. The largest absolute Gasteiger partial charge is 0.390 e. The Hall–Kier alpha value is -1.89. The predicted octanol–water partition coefficient (Wildman–Crippen LogP) is 1.32. The van der Waals surface area contributed by atoms with E-state index in [0.717, 1.165) is 37.9 Å². The van der Waals surface area contributed by atoms with Crippen LogP contribution >= 0.6 is 0 Å². The maximum absolute atomic E-state index is 12.2. The molecule has 0 aliphatic carbocycles. The Morgan fingerprint density at radius 1 is 1.26 bits per heavy atom. The standard InChI is InChI=1S/C16H26N4O3/c1-5-10-20-11(8-6-7-9-16(2,3)23)17-13-12(20)14(21)18-15(22)19(13)4/h23H,5-10H2,1-4H3,(H,18,21,22). The number of nitrogens with zero attached hydrogens (tertiary/aromatic N) is 3. The van der Waals surface area contributed by atoms with Gasteiger partial charge in [0.15, 0.2) is 11.2 Å². The van der Waals surface area contributed by atoms with Crippen LogP contribution in [0.4, 0.5) is 0 Å². The molecule has 23 heavy (non-hydrogen) atoms. The van der Waals surface area contributed by atoms with Gasteiger partial charge in [-0.25, -0.2) is 9.78 Å². The molecule has 0 atom stereocenters. The van der Waals surface area contributed by atoms with Crippen molar-refractivity contribution in [3.63, 3.8) is 0 Å². The molecule has 0 fully saturated rings. The van der Waals surface area contributed by atoms with Crippen LogP contribution in [-0.2, 0) is 20.0 Å². The molecule has 0 bridgehead atoms. The number of aryl methyl sites for hydroxylation is 3. The van der Waals surface area contributed by atoms with E-state index in [1.165, 1.54) is 4.57 Å². The molecule has 0 aliphatic rings. The number of fused-ring (bicyclic) bond motifs is 1. The normalized spacial score (nSPS) is 12.2. The second-order valence-corrected chi connectivity index (χ2v) is 6.69. The molecule has 0 unspecified atom stereocenters. The van der Waals surface area contributed by atoms with Crippen LogP contribution in [0.1, 0.15) is 52.3 Å². The van der Waals surface area contributed by atoms with Crippen molar-refractivity contribution in [3.8, 4) is 0 Å². The van der Waals surface area contributed by atoms with E-state index in [0.29, 0.717) is 17.7 Å². The summed E-state index contributed by atoms with van der Waals surface area (Å²) in [6.07, 6.45) is 4.08. The predicted molar refractivity (Wildman–Crippen MR) is 89.7 cm³/mol. The average molecular weight is 322 g/mol. The first-order chi connectivity index (χ1) is 10.7. The summed E-state index contributed by atoms with van der Waals surface area (Å²) >= 11 is 0. The summed E-state index contributed by atoms with van der Waals surface area (Å²) in [7, 11) is 1.61. The van der Waals surface area contributed by atoms with Gasteiger partial charge < -0.3 is 9.67 Å². The monoisotopic (exact) mass is 322 g/mol. The number of H-pyrrole nitrogens is 1. The van der Waals surface area contributed by atoms with Crippen molar-refractivity contribution in [2.45, 2.75) is 65.0 Å². The number of imidazole rings is 1.